The fraction of sp³-hybridized carbons (Fsp3) is 0.167. The van der Waals surface area contributed by atoms with E-state index in [1.54, 1.807) is 31.5 Å². The number of benzene rings is 1. The van der Waals surface area contributed by atoms with Crippen molar-refractivity contribution in [3.63, 3.8) is 0 Å². The van der Waals surface area contributed by atoms with Gasteiger partial charge in [0, 0.05) is 24.5 Å². The van der Waals surface area contributed by atoms with Crippen molar-refractivity contribution in [2.24, 2.45) is 5.73 Å². The molecule has 0 amide bonds. The van der Waals surface area contributed by atoms with Crippen LogP contribution in [-0.4, -0.2) is 9.97 Å². The maximum Gasteiger partial charge on any atom is 0.321 e. The first-order chi connectivity index (χ1) is 8.20. The van der Waals surface area contributed by atoms with Crippen LogP contribution in [0.3, 0.4) is 0 Å². The Labute approximate surface area is 98.3 Å². The maximum atomic E-state index is 13.6. The van der Waals surface area contributed by atoms with Gasteiger partial charge >= 0.3 is 6.01 Å². The van der Waals surface area contributed by atoms with Gasteiger partial charge in [0.15, 0.2) is 11.6 Å². The average Bonchev–Trinajstić information content (AvgIpc) is 2.36. The van der Waals surface area contributed by atoms with Crippen LogP contribution in [0, 0.1) is 12.7 Å². The molecule has 0 spiro atoms. The number of ether oxygens (including phenoxy) is 1. The Kier molecular flexibility index (Phi) is 3.30. The lowest BCUT2D eigenvalue weighted by Gasteiger charge is -2.06. The van der Waals surface area contributed by atoms with Crippen molar-refractivity contribution in [3.8, 4) is 11.8 Å². The standard InChI is InChI=1S/C12H12FN3O/c1-8-3-2-4-10(11(8)13)17-12-15-6-9(5-14)7-16-12/h2-4,6-7H,5,14H2,1H3. The van der Waals surface area contributed by atoms with E-state index in [1.807, 2.05) is 0 Å². The first kappa shape index (κ1) is 11.5. The molecule has 5 heteroatoms. The normalized spacial score (nSPS) is 10.3. The molecule has 0 saturated heterocycles. The summed E-state index contributed by atoms with van der Waals surface area (Å²) in [5.74, 6) is -0.288. The Morgan fingerprint density at radius 3 is 2.65 bits per heavy atom. The molecule has 0 atom stereocenters. The minimum atomic E-state index is -0.404. The number of hydrogen-bond acceptors (Lipinski definition) is 4. The molecule has 0 radical (unpaired) electrons. The Balaban J connectivity index is 2.22. The summed E-state index contributed by atoms with van der Waals surface area (Å²) in [6.45, 7) is 2.03. The second-order valence-corrected chi connectivity index (χ2v) is 3.57. The Bertz CT molecular complexity index is 514. The van der Waals surface area contributed by atoms with E-state index < -0.39 is 5.82 Å². The molecule has 0 bridgehead atoms. The molecule has 0 fully saturated rings. The fourth-order valence-electron chi connectivity index (χ4n) is 1.30. The predicted octanol–water partition coefficient (Wildman–Crippen LogP) is 2.18. The van der Waals surface area contributed by atoms with Gasteiger partial charge in [-0.1, -0.05) is 12.1 Å². The average molecular weight is 233 g/mol. The van der Waals surface area contributed by atoms with Crippen molar-refractivity contribution < 1.29 is 9.13 Å². The van der Waals surface area contributed by atoms with Gasteiger partial charge in [0.1, 0.15) is 0 Å². The molecule has 0 saturated carbocycles. The Morgan fingerprint density at radius 2 is 2.00 bits per heavy atom. The van der Waals surface area contributed by atoms with Crippen molar-refractivity contribution in [1.29, 1.82) is 0 Å². The molecule has 2 rings (SSSR count). The lowest BCUT2D eigenvalue weighted by molar-refractivity contribution is 0.409. The van der Waals surface area contributed by atoms with Gasteiger partial charge in [0.05, 0.1) is 0 Å². The molecule has 2 aromatic rings. The molecule has 1 heterocycles. The summed E-state index contributed by atoms with van der Waals surface area (Å²) in [5.41, 5.74) is 6.72. The van der Waals surface area contributed by atoms with Gasteiger partial charge in [-0.25, -0.2) is 14.4 Å². The zero-order valence-electron chi connectivity index (χ0n) is 9.35. The zero-order chi connectivity index (χ0) is 12.3. The minimum absolute atomic E-state index is 0.103. The van der Waals surface area contributed by atoms with Gasteiger partial charge in [-0.3, -0.25) is 0 Å². The molecule has 0 aliphatic carbocycles. The van der Waals surface area contributed by atoms with Crippen molar-refractivity contribution >= 4 is 0 Å². The van der Waals surface area contributed by atoms with Crippen LogP contribution in [0.15, 0.2) is 30.6 Å². The topological polar surface area (TPSA) is 61.0 Å². The SMILES string of the molecule is Cc1cccc(Oc2ncc(CN)cn2)c1F. The summed E-state index contributed by atoms with van der Waals surface area (Å²) in [5, 5.41) is 0. The third-order valence-electron chi connectivity index (χ3n) is 2.27. The fourth-order valence-corrected chi connectivity index (χ4v) is 1.30. The summed E-state index contributed by atoms with van der Waals surface area (Å²) in [6, 6.07) is 5.01. The first-order valence-electron chi connectivity index (χ1n) is 5.14. The first-order valence-corrected chi connectivity index (χ1v) is 5.14. The van der Waals surface area contributed by atoms with Crippen molar-refractivity contribution in [2.75, 3.05) is 0 Å². The second-order valence-electron chi connectivity index (χ2n) is 3.57. The predicted molar refractivity (Wildman–Crippen MR) is 61.1 cm³/mol. The van der Waals surface area contributed by atoms with E-state index in [1.165, 1.54) is 6.07 Å². The summed E-state index contributed by atoms with van der Waals surface area (Å²) < 4.78 is 18.9. The van der Waals surface area contributed by atoms with Gasteiger partial charge in [-0.15, -0.1) is 0 Å². The number of nitrogens with two attached hydrogens (primary N) is 1. The summed E-state index contributed by atoms with van der Waals surface area (Å²) in [6.07, 6.45) is 3.10. The molecular formula is C12H12FN3O. The lowest BCUT2D eigenvalue weighted by atomic mass is 10.2. The van der Waals surface area contributed by atoms with Gasteiger partial charge < -0.3 is 10.5 Å². The number of aromatic nitrogens is 2. The summed E-state index contributed by atoms with van der Waals surface area (Å²) >= 11 is 0. The molecule has 1 aromatic carbocycles. The summed E-state index contributed by atoms with van der Waals surface area (Å²) in [7, 11) is 0. The van der Waals surface area contributed by atoms with Crippen LogP contribution in [0.4, 0.5) is 4.39 Å². The van der Waals surface area contributed by atoms with Gasteiger partial charge in [-0.05, 0) is 18.6 Å². The number of nitrogens with zero attached hydrogens (tertiary/aromatic N) is 2. The van der Waals surface area contributed by atoms with E-state index in [0.717, 1.165) is 5.56 Å². The summed E-state index contributed by atoms with van der Waals surface area (Å²) in [4.78, 5) is 7.87. The largest absolute Gasteiger partial charge is 0.421 e. The molecule has 1 aromatic heterocycles. The van der Waals surface area contributed by atoms with Crippen LogP contribution in [0.1, 0.15) is 11.1 Å². The van der Waals surface area contributed by atoms with Crippen LogP contribution in [0.2, 0.25) is 0 Å². The van der Waals surface area contributed by atoms with Crippen molar-refractivity contribution in [2.45, 2.75) is 13.5 Å². The van der Waals surface area contributed by atoms with E-state index >= 15 is 0 Å². The van der Waals surface area contributed by atoms with Crippen LogP contribution in [0.5, 0.6) is 11.8 Å². The van der Waals surface area contributed by atoms with Crippen LogP contribution < -0.4 is 10.5 Å². The van der Waals surface area contributed by atoms with Crippen LogP contribution >= 0.6 is 0 Å². The molecule has 4 nitrogen and oxygen atoms in total. The highest BCUT2D eigenvalue weighted by Gasteiger charge is 2.08. The number of hydrogen-bond donors (Lipinski definition) is 1. The van der Waals surface area contributed by atoms with Crippen LogP contribution in [-0.2, 0) is 6.54 Å². The van der Waals surface area contributed by atoms with E-state index in [-0.39, 0.29) is 11.8 Å². The number of aryl methyl sites for hydroxylation is 1. The Morgan fingerprint density at radius 1 is 1.29 bits per heavy atom. The quantitative estimate of drug-likeness (QED) is 0.882. The number of rotatable bonds is 3. The third kappa shape index (κ3) is 2.57. The highest BCUT2D eigenvalue weighted by atomic mass is 19.1. The molecular weight excluding hydrogens is 221 g/mol. The number of halogens is 1. The second kappa shape index (κ2) is 4.88. The molecule has 2 N–H and O–H groups in total. The van der Waals surface area contributed by atoms with Crippen molar-refractivity contribution in [1.82, 2.24) is 9.97 Å². The van der Waals surface area contributed by atoms with Crippen molar-refractivity contribution in [3.05, 3.63) is 47.5 Å². The minimum Gasteiger partial charge on any atom is -0.421 e. The highest BCUT2D eigenvalue weighted by Crippen LogP contribution is 2.23. The van der Waals surface area contributed by atoms with Gasteiger partial charge in [0.25, 0.3) is 0 Å². The highest BCUT2D eigenvalue weighted by molar-refractivity contribution is 5.31. The third-order valence-corrected chi connectivity index (χ3v) is 2.27. The van der Waals surface area contributed by atoms with Crippen LogP contribution in [0.25, 0.3) is 0 Å². The van der Waals surface area contributed by atoms with E-state index in [0.29, 0.717) is 12.1 Å². The molecule has 88 valence electrons. The van der Waals surface area contributed by atoms with E-state index in [4.69, 9.17) is 10.5 Å². The molecule has 17 heavy (non-hydrogen) atoms. The molecule has 0 unspecified atom stereocenters. The Hall–Kier alpha value is -2.01. The molecule has 0 aliphatic rings. The van der Waals surface area contributed by atoms with Gasteiger partial charge in [0.2, 0.25) is 0 Å². The van der Waals surface area contributed by atoms with Gasteiger partial charge in [-0.2, -0.15) is 0 Å². The molecule has 0 aliphatic heterocycles. The lowest BCUT2D eigenvalue weighted by Crippen LogP contribution is -2.00. The maximum absolute atomic E-state index is 13.6. The zero-order valence-corrected chi connectivity index (χ0v) is 9.35. The monoisotopic (exact) mass is 233 g/mol. The van der Waals surface area contributed by atoms with E-state index in [2.05, 4.69) is 9.97 Å². The smallest absolute Gasteiger partial charge is 0.321 e. The van der Waals surface area contributed by atoms with E-state index in [9.17, 15) is 4.39 Å².